The van der Waals surface area contributed by atoms with Crippen molar-refractivity contribution in [2.45, 2.75) is 25.9 Å². The Morgan fingerprint density at radius 3 is 2.71 bits per heavy atom. The number of terminal acetylenes is 1. The third-order valence-electron chi connectivity index (χ3n) is 1.96. The van der Waals surface area contributed by atoms with Gasteiger partial charge in [-0.2, -0.15) is 0 Å². The van der Waals surface area contributed by atoms with Crippen LogP contribution >= 0.6 is 0 Å². The molecule has 1 rings (SSSR count). The number of hydrogen-bond acceptors (Lipinski definition) is 4. The first-order valence-electron chi connectivity index (χ1n) is 4.34. The molecule has 0 spiro atoms. The average Bonchev–Trinajstić information content (AvgIpc) is 2.21. The summed E-state index contributed by atoms with van der Waals surface area (Å²) in [5.74, 6) is 3.32. The van der Waals surface area contributed by atoms with Crippen LogP contribution in [0.15, 0.2) is 12.4 Å². The normalized spacial score (nSPS) is 14.1. The van der Waals surface area contributed by atoms with Gasteiger partial charge in [0.15, 0.2) is 5.60 Å². The zero-order valence-corrected chi connectivity index (χ0v) is 8.32. The van der Waals surface area contributed by atoms with Gasteiger partial charge in [0, 0.05) is 0 Å². The van der Waals surface area contributed by atoms with Crippen molar-refractivity contribution < 1.29 is 4.74 Å². The zero-order valence-electron chi connectivity index (χ0n) is 8.32. The van der Waals surface area contributed by atoms with Crippen LogP contribution in [0.1, 0.15) is 20.3 Å². The Morgan fingerprint density at radius 1 is 1.57 bits per heavy atom. The minimum atomic E-state index is -0.634. The molecule has 74 valence electrons. The lowest BCUT2D eigenvalue weighted by molar-refractivity contribution is 0.139. The maximum Gasteiger partial charge on any atom is 0.233 e. The standard InChI is InChI=1S/C10H13N3O/c1-4-10(3,5-2)14-9-7-12-8(11)6-13-9/h1,6-7H,5H2,2-3H3,(H2,11,12). The number of nitrogens with two attached hydrogens (primary N) is 1. The van der Waals surface area contributed by atoms with Gasteiger partial charge in [-0.15, -0.1) is 6.42 Å². The molecular formula is C10H13N3O. The first-order chi connectivity index (χ1) is 6.59. The van der Waals surface area contributed by atoms with Gasteiger partial charge in [-0.25, -0.2) is 9.97 Å². The van der Waals surface area contributed by atoms with E-state index in [1.165, 1.54) is 12.4 Å². The summed E-state index contributed by atoms with van der Waals surface area (Å²) in [5, 5.41) is 0. The fourth-order valence-electron chi connectivity index (χ4n) is 0.813. The minimum absolute atomic E-state index is 0.358. The molecule has 4 heteroatoms. The number of hydrogen-bond donors (Lipinski definition) is 1. The number of anilines is 1. The molecule has 14 heavy (non-hydrogen) atoms. The molecule has 0 saturated heterocycles. The van der Waals surface area contributed by atoms with Crippen LogP contribution in [0.5, 0.6) is 5.88 Å². The maximum absolute atomic E-state index is 5.49. The minimum Gasteiger partial charge on any atom is -0.457 e. The van der Waals surface area contributed by atoms with E-state index in [1.807, 2.05) is 13.8 Å². The van der Waals surface area contributed by atoms with Crippen LogP contribution in [-0.2, 0) is 0 Å². The van der Waals surface area contributed by atoms with E-state index in [9.17, 15) is 0 Å². The summed E-state index contributed by atoms with van der Waals surface area (Å²) in [6, 6.07) is 0. The fourth-order valence-corrected chi connectivity index (χ4v) is 0.813. The van der Waals surface area contributed by atoms with Gasteiger partial charge in [-0.05, 0) is 13.3 Å². The van der Waals surface area contributed by atoms with Gasteiger partial charge in [0.05, 0.1) is 12.4 Å². The highest BCUT2D eigenvalue weighted by Crippen LogP contribution is 2.17. The molecule has 1 atom stereocenters. The molecule has 0 aliphatic heterocycles. The molecule has 1 aromatic heterocycles. The van der Waals surface area contributed by atoms with Crippen molar-refractivity contribution in [1.82, 2.24) is 9.97 Å². The maximum atomic E-state index is 5.49. The van der Waals surface area contributed by atoms with Crippen LogP contribution in [0.2, 0.25) is 0 Å². The van der Waals surface area contributed by atoms with Crippen LogP contribution in [0.25, 0.3) is 0 Å². The SMILES string of the molecule is C#CC(C)(CC)Oc1cnc(N)cn1. The van der Waals surface area contributed by atoms with Gasteiger partial charge in [-0.1, -0.05) is 12.8 Å². The lowest BCUT2D eigenvalue weighted by atomic mass is 10.1. The van der Waals surface area contributed by atoms with Crippen molar-refractivity contribution in [3.05, 3.63) is 12.4 Å². The molecule has 0 aliphatic carbocycles. The number of rotatable bonds is 3. The molecule has 0 radical (unpaired) electrons. The second kappa shape index (κ2) is 3.97. The van der Waals surface area contributed by atoms with Crippen LogP contribution in [-0.4, -0.2) is 15.6 Å². The number of ether oxygens (including phenoxy) is 1. The van der Waals surface area contributed by atoms with Gasteiger partial charge >= 0.3 is 0 Å². The van der Waals surface area contributed by atoms with Gasteiger partial charge in [-0.3, -0.25) is 0 Å². The highest BCUT2D eigenvalue weighted by molar-refractivity contribution is 5.25. The quantitative estimate of drug-likeness (QED) is 0.730. The molecular weight excluding hydrogens is 178 g/mol. The second-order valence-electron chi connectivity index (χ2n) is 3.11. The molecule has 0 aliphatic rings. The van der Waals surface area contributed by atoms with E-state index < -0.39 is 5.60 Å². The Morgan fingerprint density at radius 2 is 2.29 bits per heavy atom. The third kappa shape index (κ3) is 2.36. The summed E-state index contributed by atoms with van der Waals surface area (Å²) < 4.78 is 5.49. The number of nitrogens with zero attached hydrogens (tertiary/aromatic N) is 2. The smallest absolute Gasteiger partial charge is 0.233 e. The number of nitrogen functional groups attached to an aromatic ring is 1. The monoisotopic (exact) mass is 191 g/mol. The summed E-state index contributed by atoms with van der Waals surface area (Å²) >= 11 is 0. The van der Waals surface area contributed by atoms with E-state index in [-0.39, 0.29) is 0 Å². The fraction of sp³-hybridized carbons (Fsp3) is 0.400. The Hall–Kier alpha value is -1.76. The van der Waals surface area contributed by atoms with E-state index in [4.69, 9.17) is 16.9 Å². The largest absolute Gasteiger partial charge is 0.457 e. The molecule has 1 aromatic rings. The molecule has 1 heterocycles. The second-order valence-corrected chi connectivity index (χ2v) is 3.11. The number of aromatic nitrogens is 2. The molecule has 1 unspecified atom stereocenters. The summed E-state index contributed by atoms with van der Waals surface area (Å²) in [6.07, 6.45) is 8.94. The van der Waals surface area contributed by atoms with Gasteiger partial charge in [0.25, 0.3) is 0 Å². The summed E-state index contributed by atoms with van der Waals surface area (Å²) in [6.45, 7) is 3.77. The Bertz CT molecular complexity index is 341. The summed E-state index contributed by atoms with van der Waals surface area (Å²) in [7, 11) is 0. The van der Waals surface area contributed by atoms with Gasteiger partial charge in [0.2, 0.25) is 5.88 Å². The lowest BCUT2D eigenvalue weighted by Gasteiger charge is -2.22. The molecule has 0 saturated carbocycles. The van der Waals surface area contributed by atoms with E-state index in [0.717, 1.165) is 0 Å². The summed E-state index contributed by atoms with van der Waals surface area (Å²) in [4.78, 5) is 7.81. The highest BCUT2D eigenvalue weighted by atomic mass is 16.5. The lowest BCUT2D eigenvalue weighted by Crippen LogP contribution is -2.29. The molecule has 0 bridgehead atoms. The van der Waals surface area contributed by atoms with E-state index >= 15 is 0 Å². The van der Waals surface area contributed by atoms with Crippen molar-refractivity contribution in [3.63, 3.8) is 0 Å². The summed E-state index contributed by atoms with van der Waals surface area (Å²) in [5.41, 5.74) is 4.75. The van der Waals surface area contributed by atoms with Crippen LogP contribution in [0.4, 0.5) is 5.82 Å². The first-order valence-corrected chi connectivity index (χ1v) is 4.34. The van der Waals surface area contributed by atoms with Crippen molar-refractivity contribution in [2.75, 3.05) is 5.73 Å². The Balaban J connectivity index is 2.79. The van der Waals surface area contributed by atoms with E-state index in [0.29, 0.717) is 18.1 Å². The van der Waals surface area contributed by atoms with Crippen LogP contribution < -0.4 is 10.5 Å². The third-order valence-corrected chi connectivity index (χ3v) is 1.96. The topological polar surface area (TPSA) is 61.0 Å². The van der Waals surface area contributed by atoms with Crippen LogP contribution in [0, 0.1) is 12.3 Å². The molecule has 2 N–H and O–H groups in total. The molecule has 0 aromatic carbocycles. The van der Waals surface area contributed by atoms with Crippen molar-refractivity contribution in [3.8, 4) is 18.2 Å². The predicted octanol–water partition coefficient (Wildman–Crippen LogP) is 1.24. The zero-order chi connectivity index (χ0) is 10.6. The first kappa shape index (κ1) is 10.3. The van der Waals surface area contributed by atoms with Crippen molar-refractivity contribution in [1.29, 1.82) is 0 Å². The molecule has 4 nitrogen and oxygen atoms in total. The molecule has 0 amide bonds. The van der Waals surface area contributed by atoms with Crippen molar-refractivity contribution >= 4 is 5.82 Å². The average molecular weight is 191 g/mol. The highest BCUT2D eigenvalue weighted by Gasteiger charge is 2.21. The van der Waals surface area contributed by atoms with E-state index in [1.54, 1.807) is 0 Å². The molecule has 0 fully saturated rings. The van der Waals surface area contributed by atoms with E-state index in [2.05, 4.69) is 15.9 Å². The predicted molar refractivity (Wildman–Crippen MR) is 54.6 cm³/mol. The van der Waals surface area contributed by atoms with Gasteiger partial charge in [0.1, 0.15) is 5.82 Å². The van der Waals surface area contributed by atoms with Crippen LogP contribution in [0.3, 0.4) is 0 Å². The van der Waals surface area contributed by atoms with Gasteiger partial charge < -0.3 is 10.5 Å². The Labute approximate surface area is 83.5 Å². The Kier molecular flexibility index (Phi) is 2.92. The van der Waals surface area contributed by atoms with Crippen molar-refractivity contribution in [2.24, 2.45) is 0 Å².